The second kappa shape index (κ2) is 5.62. The van der Waals surface area contributed by atoms with Crippen molar-refractivity contribution in [3.63, 3.8) is 0 Å². The first-order valence-corrected chi connectivity index (χ1v) is 8.49. The van der Waals surface area contributed by atoms with Gasteiger partial charge in [0.25, 0.3) is 5.91 Å². The maximum Gasteiger partial charge on any atom is 0.254 e. The van der Waals surface area contributed by atoms with Gasteiger partial charge < -0.3 is 33.3 Å². The van der Waals surface area contributed by atoms with Gasteiger partial charge >= 0.3 is 0 Å². The molecule has 4 rings (SSSR count). The van der Waals surface area contributed by atoms with E-state index in [1.807, 2.05) is 27.7 Å². The van der Waals surface area contributed by atoms with Gasteiger partial charge in [0.05, 0.1) is 13.2 Å². The molecule has 4 saturated heterocycles. The minimum atomic E-state index is -0.798. The molecule has 0 aromatic rings. The molecule has 5 atom stereocenters. The van der Waals surface area contributed by atoms with Crippen LogP contribution in [-0.2, 0) is 33.2 Å². The van der Waals surface area contributed by atoms with Crippen LogP contribution in [0.2, 0.25) is 0 Å². The van der Waals surface area contributed by atoms with Gasteiger partial charge in [-0.1, -0.05) is 0 Å². The summed E-state index contributed by atoms with van der Waals surface area (Å²) in [6.07, 6.45) is -2.76. The lowest BCUT2D eigenvalue weighted by atomic mass is 9.98. The normalized spacial score (nSPS) is 43.3. The Bertz CT molecular complexity index is 517. The molecule has 0 bridgehead atoms. The summed E-state index contributed by atoms with van der Waals surface area (Å²) < 4.78 is 35.1. The number of fused-ring (bicyclic) bond motifs is 3. The van der Waals surface area contributed by atoms with Crippen molar-refractivity contribution in [2.75, 3.05) is 26.3 Å². The SMILES string of the molecule is CC1(C)O[C@@H]2[C@@H](O1)[C@H](C(=O)N1CCOCC1)O[C@H]1OC(C)(C)O[C@@H]12. The fourth-order valence-electron chi connectivity index (χ4n) is 3.77. The van der Waals surface area contributed by atoms with Crippen molar-refractivity contribution in [1.82, 2.24) is 4.90 Å². The summed E-state index contributed by atoms with van der Waals surface area (Å²) in [5.41, 5.74) is 0. The van der Waals surface area contributed by atoms with Gasteiger partial charge in [-0.05, 0) is 27.7 Å². The first kappa shape index (κ1) is 16.7. The molecule has 0 unspecified atom stereocenters. The monoisotopic (exact) mass is 343 g/mol. The van der Waals surface area contributed by atoms with Gasteiger partial charge in [0.1, 0.15) is 18.3 Å². The summed E-state index contributed by atoms with van der Waals surface area (Å²) in [5.74, 6) is -1.69. The van der Waals surface area contributed by atoms with E-state index in [2.05, 4.69) is 0 Å². The fourth-order valence-corrected chi connectivity index (χ4v) is 3.77. The van der Waals surface area contributed by atoms with Crippen molar-refractivity contribution < 1.29 is 33.2 Å². The number of rotatable bonds is 1. The Morgan fingerprint density at radius 3 is 2.17 bits per heavy atom. The van der Waals surface area contributed by atoms with Gasteiger partial charge in [-0.25, -0.2) is 0 Å². The van der Waals surface area contributed by atoms with E-state index in [9.17, 15) is 4.79 Å². The molecule has 136 valence electrons. The summed E-state index contributed by atoms with van der Waals surface area (Å²) in [6.45, 7) is 9.48. The number of nitrogens with zero attached hydrogens (tertiary/aromatic N) is 1. The molecule has 4 fully saturated rings. The Morgan fingerprint density at radius 2 is 1.46 bits per heavy atom. The molecule has 0 aliphatic carbocycles. The van der Waals surface area contributed by atoms with Crippen LogP contribution in [0.4, 0.5) is 0 Å². The second-order valence-electron chi connectivity index (χ2n) is 7.53. The van der Waals surface area contributed by atoms with Crippen LogP contribution in [0.5, 0.6) is 0 Å². The molecule has 8 heteroatoms. The lowest BCUT2D eigenvalue weighted by Crippen LogP contribution is -2.60. The molecule has 4 aliphatic heterocycles. The van der Waals surface area contributed by atoms with Crippen molar-refractivity contribution in [3.05, 3.63) is 0 Å². The average molecular weight is 343 g/mol. The number of hydrogen-bond donors (Lipinski definition) is 0. The van der Waals surface area contributed by atoms with Crippen molar-refractivity contribution in [1.29, 1.82) is 0 Å². The largest absolute Gasteiger partial charge is 0.378 e. The van der Waals surface area contributed by atoms with Gasteiger partial charge in [0, 0.05) is 13.1 Å². The number of carbonyl (C=O) groups excluding carboxylic acids is 1. The van der Waals surface area contributed by atoms with Crippen LogP contribution in [0.1, 0.15) is 27.7 Å². The van der Waals surface area contributed by atoms with Gasteiger partial charge in [0.15, 0.2) is 24.0 Å². The molecule has 0 aromatic heterocycles. The van der Waals surface area contributed by atoms with Crippen molar-refractivity contribution in [2.24, 2.45) is 0 Å². The average Bonchev–Trinajstić information content (AvgIpc) is 3.00. The lowest BCUT2D eigenvalue weighted by Gasteiger charge is -2.39. The molecule has 1 amide bonds. The number of ether oxygens (including phenoxy) is 6. The van der Waals surface area contributed by atoms with Crippen LogP contribution in [0.25, 0.3) is 0 Å². The molecule has 4 aliphatic rings. The van der Waals surface area contributed by atoms with Crippen molar-refractivity contribution in [3.8, 4) is 0 Å². The lowest BCUT2D eigenvalue weighted by molar-refractivity contribution is -0.235. The Balaban J connectivity index is 1.59. The summed E-state index contributed by atoms with van der Waals surface area (Å²) in [6, 6.07) is 0. The highest BCUT2D eigenvalue weighted by Gasteiger charge is 2.62. The highest BCUT2D eigenvalue weighted by Crippen LogP contribution is 2.44. The minimum Gasteiger partial charge on any atom is -0.378 e. The van der Waals surface area contributed by atoms with Crippen molar-refractivity contribution >= 4 is 5.91 Å². The zero-order chi connectivity index (χ0) is 17.1. The van der Waals surface area contributed by atoms with E-state index in [1.54, 1.807) is 4.90 Å². The van der Waals surface area contributed by atoms with Crippen LogP contribution in [0.15, 0.2) is 0 Å². The van der Waals surface area contributed by atoms with E-state index >= 15 is 0 Å². The maximum absolute atomic E-state index is 13.0. The summed E-state index contributed by atoms with van der Waals surface area (Å²) in [7, 11) is 0. The molecule has 24 heavy (non-hydrogen) atoms. The second-order valence-corrected chi connectivity index (χ2v) is 7.53. The highest BCUT2D eigenvalue weighted by molar-refractivity contribution is 5.82. The highest BCUT2D eigenvalue weighted by atomic mass is 16.9. The number of carbonyl (C=O) groups is 1. The zero-order valence-corrected chi connectivity index (χ0v) is 14.5. The van der Waals surface area contributed by atoms with Gasteiger partial charge in [-0.3, -0.25) is 4.79 Å². The molecule has 0 spiro atoms. The molecule has 0 aromatic carbocycles. The molecular weight excluding hydrogens is 318 g/mol. The number of hydrogen-bond acceptors (Lipinski definition) is 7. The van der Waals surface area contributed by atoms with E-state index in [4.69, 9.17) is 28.4 Å². The first-order valence-electron chi connectivity index (χ1n) is 8.49. The van der Waals surface area contributed by atoms with Crippen LogP contribution in [-0.4, -0.2) is 79.4 Å². The maximum atomic E-state index is 13.0. The minimum absolute atomic E-state index is 0.110. The Morgan fingerprint density at radius 1 is 0.875 bits per heavy atom. The molecule has 0 saturated carbocycles. The van der Waals surface area contributed by atoms with Gasteiger partial charge in [-0.15, -0.1) is 0 Å². The topological polar surface area (TPSA) is 75.7 Å². The third-order valence-electron chi connectivity index (χ3n) is 4.72. The van der Waals surface area contributed by atoms with Crippen LogP contribution in [0.3, 0.4) is 0 Å². The smallest absolute Gasteiger partial charge is 0.254 e. The number of amides is 1. The zero-order valence-electron chi connectivity index (χ0n) is 14.5. The summed E-state index contributed by atoms with van der Waals surface area (Å²) in [5, 5.41) is 0. The van der Waals surface area contributed by atoms with Gasteiger partial charge in [0.2, 0.25) is 0 Å². The number of morpholine rings is 1. The van der Waals surface area contributed by atoms with Crippen LogP contribution >= 0.6 is 0 Å². The van der Waals surface area contributed by atoms with E-state index in [1.165, 1.54) is 0 Å². The van der Waals surface area contributed by atoms with Crippen LogP contribution < -0.4 is 0 Å². The third-order valence-corrected chi connectivity index (χ3v) is 4.72. The summed E-state index contributed by atoms with van der Waals surface area (Å²) in [4.78, 5) is 14.7. The molecule has 0 N–H and O–H groups in total. The Hall–Kier alpha value is -0.770. The predicted octanol–water partition coefficient (Wildman–Crippen LogP) is 0.242. The van der Waals surface area contributed by atoms with Gasteiger partial charge in [-0.2, -0.15) is 0 Å². The Kier molecular flexibility index (Phi) is 3.91. The molecule has 0 radical (unpaired) electrons. The quantitative estimate of drug-likeness (QED) is 0.675. The van der Waals surface area contributed by atoms with E-state index in [0.29, 0.717) is 26.3 Å². The fraction of sp³-hybridized carbons (Fsp3) is 0.938. The molecule has 4 heterocycles. The van der Waals surface area contributed by atoms with Crippen LogP contribution in [0, 0.1) is 0 Å². The molecular formula is C16H25NO7. The Labute approximate surface area is 141 Å². The third kappa shape index (κ3) is 2.85. The predicted molar refractivity (Wildman–Crippen MR) is 79.9 cm³/mol. The summed E-state index contributed by atoms with van der Waals surface area (Å²) >= 11 is 0. The van der Waals surface area contributed by atoms with E-state index in [0.717, 1.165) is 0 Å². The standard InChI is InChI=1S/C16H25NO7/c1-15(2)21-9-10(22-15)12-14(24-16(3,4)23-12)20-11(9)13(18)17-5-7-19-8-6-17/h9-12,14H,5-8H2,1-4H3/t9-,10-,11-,12-,14+/m1/s1. The van der Waals surface area contributed by atoms with E-state index < -0.39 is 42.3 Å². The molecule has 8 nitrogen and oxygen atoms in total. The van der Waals surface area contributed by atoms with E-state index in [-0.39, 0.29) is 5.91 Å². The van der Waals surface area contributed by atoms with Crippen molar-refractivity contribution in [2.45, 2.75) is 70.0 Å². The first-order chi connectivity index (χ1) is 11.3.